The van der Waals surface area contributed by atoms with E-state index in [1.807, 2.05) is 0 Å². The number of carbonyl (C=O) groups excluding carboxylic acids is 1. The molecule has 25 heavy (non-hydrogen) atoms. The molecule has 2 nitrogen and oxygen atoms in total. The minimum atomic E-state index is -6.17. The maximum absolute atomic E-state index is 14.0. The van der Waals surface area contributed by atoms with Gasteiger partial charge in [0.15, 0.2) is 0 Å². The molecule has 0 bridgehead atoms. The molecule has 0 radical (unpaired) electrons. The second-order valence-electron chi connectivity index (χ2n) is 5.14. The Bertz CT molecular complexity index is 763. The summed E-state index contributed by atoms with van der Waals surface area (Å²) in [6.45, 7) is 0. The minimum absolute atomic E-state index is 0.0228. The third-order valence-electron chi connectivity index (χ3n) is 3.56. The van der Waals surface area contributed by atoms with Gasteiger partial charge in [0, 0.05) is 11.1 Å². The fourth-order valence-corrected chi connectivity index (χ4v) is 2.21. The van der Waals surface area contributed by atoms with Crippen LogP contribution in [0, 0.1) is 5.82 Å². The summed E-state index contributed by atoms with van der Waals surface area (Å²) in [5.41, 5.74) is -6.75. The van der Waals surface area contributed by atoms with Crippen molar-refractivity contribution in [1.29, 1.82) is 0 Å². The van der Waals surface area contributed by atoms with E-state index in [2.05, 4.69) is 0 Å². The van der Waals surface area contributed by atoms with Crippen molar-refractivity contribution in [2.24, 2.45) is 0 Å². The molecule has 0 amide bonds. The van der Waals surface area contributed by atoms with Crippen LogP contribution in [-0.4, -0.2) is 23.7 Å². The fourth-order valence-electron chi connectivity index (χ4n) is 2.21. The second kappa shape index (κ2) is 6.14. The maximum atomic E-state index is 14.0. The average molecular weight is 366 g/mol. The van der Waals surface area contributed by atoms with Crippen molar-refractivity contribution < 1.29 is 40.6 Å². The molecule has 0 aliphatic carbocycles. The maximum Gasteiger partial charge on any atom is 0.430 e. The van der Waals surface area contributed by atoms with Gasteiger partial charge in [0.05, 0.1) is 0 Å². The molecule has 0 unspecified atom stereocenters. The first-order valence-electron chi connectivity index (χ1n) is 6.63. The molecule has 0 spiro atoms. The summed E-state index contributed by atoms with van der Waals surface area (Å²) in [5, 5.41) is 9.24. The summed E-state index contributed by atoms with van der Waals surface area (Å²) < 4.78 is 90.8. The largest absolute Gasteiger partial charge is 0.430 e. The zero-order valence-corrected chi connectivity index (χ0v) is 12.1. The lowest BCUT2D eigenvalue weighted by Crippen LogP contribution is -2.54. The lowest BCUT2D eigenvalue weighted by molar-refractivity contribution is -0.377. The second-order valence-corrected chi connectivity index (χ2v) is 5.14. The first kappa shape index (κ1) is 18.9. The van der Waals surface area contributed by atoms with Crippen molar-refractivity contribution >= 4 is 6.29 Å². The van der Waals surface area contributed by atoms with Crippen molar-refractivity contribution in [3.05, 3.63) is 59.4 Å². The number of halogens is 7. The highest BCUT2D eigenvalue weighted by Gasteiger charge is 2.72. The number of alkyl halides is 6. The molecule has 9 heteroatoms. The lowest BCUT2D eigenvalue weighted by atomic mass is 9.90. The van der Waals surface area contributed by atoms with Gasteiger partial charge < -0.3 is 5.11 Å². The van der Waals surface area contributed by atoms with E-state index < -0.39 is 29.3 Å². The van der Waals surface area contributed by atoms with E-state index in [0.717, 1.165) is 6.07 Å². The molecule has 0 heterocycles. The molecule has 134 valence electrons. The summed E-state index contributed by atoms with van der Waals surface area (Å²) in [6.07, 6.45) is -11.8. The molecule has 0 aliphatic rings. The molecule has 0 saturated heterocycles. The summed E-state index contributed by atoms with van der Waals surface area (Å²) in [4.78, 5) is 10.6. The third kappa shape index (κ3) is 3.23. The van der Waals surface area contributed by atoms with Gasteiger partial charge in [-0.15, -0.1) is 0 Å². The van der Waals surface area contributed by atoms with Crippen molar-refractivity contribution in [2.45, 2.75) is 18.0 Å². The molecule has 0 atom stereocenters. The lowest BCUT2D eigenvalue weighted by Gasteiger charge is -2.32. The van der Waals surface area contributed by atoms with Gasteiger partial charge in [-0.05, 0) is 17.2 Å². The monoisotopic (exact) mass is 366 g/mol. The Hall–Kier alpha value is -2.42. The summed E-state index contributed by atoms with van der Waals surface area (Å²) in [5.74, 6) is -1.87. The van der Waals surface area contributed by atoms with E-state index in [-0.39, 0.29) is 22.8 Å². The fraction of sp³-hybridized carbons (Fsp3) is 0.188. The number of aldehydes is 1. The third-order valence-corrected chi connectivity index (χ3v) is 3.56. The molecule has 2 aromatic rings. The van der Waals surface area contributed by atoms with Crippen molar-refractivity contribution in [3.8, 4) is 11.1 Å². The predicted molar refractivity (Wildman–Crippen MR) is 73.2 cm³/mol. The molecule has 0 aromatic heterocycles. The predicted octanol–water partition coefficient (Wildman–Crippen LogP) is 4.62. The standard InChI is InChI=1S/C16H9F7O2/c17-13-7-11(10-3-1-9(8-24)2-4-10)5-6-12(13)14(25,15(18,19)20)16(21,22)23/h1-8,25H. The van der Waals surface area contributed by atoms with Crippen LogP contribution < -0.4 is 0 Å². The van der Waals surface area contributed by atoms with Crippen LogP contribution in [0.25, 0.3) is 11.1 Å². The zero-order valence-electron chi connectivity index (χ0n) is 12.1. The zero-order chi connectivity index (χ0) is 19.0. The first-order chi connectivity index (χ1) is 11.4. The van der Waals surface area contributed by atoms with Crippen LogP contribution in [0.5, 0.6) is 0 Å². The SMILES string of the molecule is O=Cc1ccc(-c2ccc(C(O)(C(F)(F)F)C(F)(F)F)c(F)c2)cc1. The number of hydrogen-bond donors (Lipinski definition) is 1. The van der Waals surface area contributed by atoms with Crippen LogP contribution in [0.2, 0.25) is 0 Å². The van der Waals surface area contributed by atoms with Crippen LogP contribution in [0.4, 0.5) is 30.7 Å². The number of hydrogen-bond acceptors (Lipinski definition) is 2. The molecule has 0 aliphatic heterocycles. The number of benzene rings is 2. The van der Waals surface area contributed by atoms with E-state index in [0.29, 0.717) is 12.4 Å². The highest BCUT2D eigenvalue weighted by Crippen LogP contribution is 2.50. The van der Waals surface area contributed by atoms with Gasteiger partial charge in [0.25, 0.3) is 5.60 Å². The van der Waals surface area contributed by atoms with E-state index in [1.165, 1.54) is 24.3 Å². The highest BCUT2D eigenvalue weighted by molar-refractivity contribution is 5.77. The topological polar surface area (TPSA) is 37.3 Å². The van der Waals surface area contributed by atoms with E-state index in [9.17, 15) is 40.6 Å². The summed E-state index contributed by atoms with van der Waals surface area (Å²) in [7, 11) is 0. The quantitative estimate of drug-likeness (QED) is 0.636. The number of aliphatic hydroxyl groups is 1. The van der Waals surface area contributed by atoms with Gasteiger partial charge in [-0.25, -0.2) is 4.39 Å². The van der Waals surface area contributed by atoms with Crippen molar-refractivity contribution in [1.82, 2.24) is 0 Å². The van der Waals surface area contributed by atoms with Crippen LogP contribution in [0.1, 0.15) is 15.9 Å². The number of rotatable bonds is 3. The molecule has 2 rings (SSSR count). The van der Waals surface area contributed by atoms with Gasteiger partial charge in [0.1, 0.15) is 12.1 Å². The molecule has 0 fully saturated rings. The molecular weight excluding hydrogens is 357 g/mol. The average Bonchev–Trinajstić information content (AvgIpc) is 2.52. The highest BCUT2D eigenvalue weighted by atomic mass is 19.4. The van der Waals surface area contributed by atoms with Crippen LogP contribution in [0.3, 0.4) is 0 Å². The van der Waals surface area contributed by atoms with Gasteiger partial charge in [-0.2, -0.15) is 26.3 Å². The minimum Gasteiger partial charge on any atom is -0.369 e. The van der Waals surface area contributed by atoms with Gasteiger partial charge in [0.2, 0.25) is 0 Å². The van der Waals surface area contributed by atoms with Crippen LogP contribution >= 0.6 is 0 Å². The van der Waals surface area contributed by atoms with Gasteiger partial charge >= 0.3 is 12.4 Å². The van der Waals surface area contributed by atoms with Gasteiger partial charge in [-0.1, -0.05) is 36.4 Å². The molecule has 1 N–H and O–H groups in total. The molecular formula is C16H9F7O2. The van der Waals surface area contributed by atoms with Crippen LogP contribution in [-0.2, 0) is 5.60 Å². The van der Waals surface area contributed by atoms with Gasteiger partial charge in [-0.3, -0.25) is 4.79 Å². The Balaban J connectivity index is 2.56. The first-order valence-corrected chi connectivity index (χ1v) is 6.63. The molecule has 0 saturated carbocycles. The summed E-state index contributed by atoms with van der Waals surface area (Å²) >= 11 is 0. The van der Waals surface area contributed by atoms with E-state index >= 15 is 0 Å². The van der Waals surface area contributed by atoms with E-state index in [4.69, 9.17) is 0 Å². The Labute approximate surface area is 136 Å². The smallest absolute Gasteiger partial charge is 0.369 e. The Morgan fingerprint density at radius 3 is 1.68 bits per heavy atom. The van der Waals surface area contributed by atoms with Crippen LogP contribution in [0.15, 0.2) is 42.5 Å². The summed E-state index contributed by atoms with van der Waals surface area (Å²) in [6, 6.07) is 6.88. The number of carbonyl (C=O) groups is 1. The van der Waals surface area contributed by atoms with Crippen molar-refractivity contribution in [2.75, 3.05) is 0 Å². The Morgan fingerprint density at radius 2 is 1.28 bits per heavy atom. The van der Waals surface area contributed by atoms with E-state index in [1.54, 1.807) is 0 Å². The Morgan fingerprint density at radius 1 is 0.800 bits per heavy atom. The van der Waals surface area contributed by atoms with Crippen molar-refractivity contribution in [3.63, 3.8) is 0 Å². The molecule has 2 aromatic carbocycles. The normalized spacial score (nSPS) is 13.0. The Kier molecular flexibility index (Phi) is 4.65.